The van der Waals surface area contributed by atoms with Crippen LogP contribution in [0.2, 0.25) is 0 Å². The van der Waals surface area contributed by atoms with Crippen LogP contribution in [0.1, 0.15) is 47.7 Å². The second-order valence-electron chi connectivity index (χ2n) is 6.83. The zero-order valence-electron chi connectivity index (χ0n) is 15.6. The number of nitrogens with one attached hydrogen (secondary N) is 1. The van der Waals surface area contributed by atoms with Crippen molar-refractivity contribution in [1.29, 1.82) is 0 Å². The van der Waals surface area contributed by atoms with E-state index in [1.165, 1.54) is 0 Å². The lowest BCUT2D eigenvalue weighted by Gasteiger charge is -2.32. The number of piperidine rings is 1. The standard InChI is InChI=1S/C19H25N5O2.ClH/c1-2-26-16-5-3-15(4-6-16)19(25)23-10-7-14(8-11-23)18-22-21-17-13-20-9-12-24(17)18;/h3-6,14,20H,2,7-13H2,1H3;1H. The van der Waals surface area contributed by atoms with E-state index in [1.54, 1.807) is 0 Å². The average Bonchev–Trinajstić information content (AvgIpc) is 3.13. The third-order valence-electron chi connectivity index (χ3n) is 5.21. The first-order valence-corrected chi connectivity index (χ1v) is 9.41. The highest BCUT2D eigenvalue weighted by atomic mass is 35.5. The molecule has 0 bridgehead atoms. The number of halogens is 1. The smallest absolute Gasteiger partial charge is 0.253 e. The number of hydrogen-bond donors (Lipinski definition) is 1. The molecule has 1 aromatic carbocycles. The molecule has 27 heavy (non-hydrogen) atoms. The SMILES string of the molecule is CCOc1ccc(C(=O)N2CCC(c3nnc4n3CCNC4)CC2)cc1.Cl. The Labute approximate surface area is 165 Å². The van der Waals surface area contributed by atoms with Crippen LogP contribution in [0.25, 0.3) is 0 Å². The highest BCUT2D eigenvalue weighted by Gasteiger charge is 2.29. The van der Waals surface area contributed by atoms with E-state index in [-0.39, 0.29) is 18.3 Å². The van der Waals surface area contributed by atoms with Crippen molar-refractivity contribution in [2.45, 2.75) is 38.8 Å². The number of likely N-dealkylation sites (tertiary alicyclic amines) is 1. The summed E-state index contributed by atoms with van der Waals surface area (Å²) in [6.07, 6.45) is 1.88. The molecule has 1 N–H and O–H groups in total. The Morgan fingerprint density at radius 1 is 1.19 bits per heavy atom. The minimum Gasteiger partial charge on any atom is -0.494 e. The molecule has 1 fully saturated rings. The van der Waals surface area contributed by atoms with Gasteiger partial charge in [-0.1, -0.05) is 0 Å². The summed E-state index contributed by atoms with van der Waals surface area (Å²) < 4.78 is 7.70. The summed E-state index contributed by atoms with van der Waals surface area (Å²) in [6, 6.07) is 7.42. The molecule has 1 amide bonds. The van der Waals surface area contributed by atoms with Crippen molar-refractivity contribution in [2.24, 2.45) is 0 Å². The second kappa shape index (κ2) is 8.71. The van der Waals surface area contributed by atoms with Gasteiger partial charge in [-0.3, -0.25) is 4.79 Å². The summed E-state index contributed by atoms with van der Waals surface area (Å²) in [6.45, 7) is 6.79. The fourth-order valence-corrected chi connectivity index (χ4v) is 3.80. The number of benzene rings is 1. The van der Waals surface area contributed by atoms with Gasteiger partial charge in [0.2, 0.25) is 0 Å². The molecule has 0 saturated carbocycles. The summed E-state index contributed by atoms with van der Waals surface area (Å²) >= 11 is 0. The predicted molar refractivity (Wildman–Crippen MR) is 104 cm³/mol. The van der Waals surface area contributed by atoms with Gasteiger partial charge in [-0.15, -0.1) is 22.6 Å². The van der Waals surface area contributed by atoms with Gasteiger partial charge in [0.1, 0.15) is 17.4 Å². The molecule has 1 saturated heterocycles. The van der Waals surface area contributed by atoms with Crippen molar-refractivity contribution >= 4 is 18.3 Å². The predicted octanol–water partition coefficient (Wildman–Crippen LogP) is 2.22. The Morgan fingerprint density at radius 2 is 1.93 bits per heavy atom. The van der Waals surface area contributed by atoms with Crippen LogP contribution in [0, 0.1) is 0 Å². The van der Waals surface area contributed by atoms with Crippen molar-refractivity contribution in [2.75, 3.05) is 26.2 Å². The third-order valence-corrected chi connectivity index (χ3v) is 5.21. The largest absolute Gasteiger partial charge is 0.494 e. The second-order valence-corrected chi connectivity index (χ2v) is 6.83. The van der Waals surface area contributed by atoms with E-state index in [1.807, 2.05) is 36.1 Å². The van der Waals surface area contributed by atoms with Crippen molar-refractivity contribution in [1.82, 2.24) is 25.0 Å². The molecule has 7 nitrogen and oxygen atoms in total. The van der Waals surface area contributed by atoms with Crippen LogP contribution in [-0.2, 0) is 13.1 Å². The lowest BCUT2D eigenvalue weighted by molar-refractivity contribution is 0.0710. The summed E-state index contributed by atoms with van der Waals surface area (Å²) in [7, 11) is 0. The van der Waals surface area contributed by atoms with Crippen molar-refractivity contribution in [3.05, 3.63) is 41.5 Å². The van der Waals surface area contributed by atoms with Crippen molar-refractivity contribution in [3.8, 4) is 5.75 Å². The molecule has 8 heteroatoms. The van der Waals surface area contributed by atoms with E-state index in [0.29, 0.717) is 12.5 Å². The van der Waals surface area contributed by atoms with E-state index in [4.69, 9.17) is 4.74 Å². The molecule has 0 atom stereocenters. The quantitative estimate of drug-likeness (QED) is 0.865. The summed E-state index contributed by atoms with van der Waals surface area (Å²) in [5.74, 6) is 3.40. The van der Waals surface area contributed by atoms with Gasteiger partial charge >= 0.3 is 0 Å². The van der Waals surface area contributed by atoms with Crippen LogP contribution in [-0.4, -0.2) is 51.8 Å². The first-order chi connectivity index (χ1) is 12.8. The van der Waals surface area contributed by atoms with Crippen LogP contribution in [0.15, 0.2) is 24.3 Å². The molecule has 0 spiro atoms. The van der Waals surface area contributed by atoms with Crippen molar-refractivity contribution in [3.63, 3.8) is 0 Å². The van der Waals surface area contributed by atoms with E-state index < -0.39 is 0 Å². The van der Waals surface area contributed by atoms with Gasteiger partial charge in [-0.25, -0.2) is 0 Å². The summed E-state index contributed by atoms with van der Waals surface area (Å²) in [5.41, 5.74) is 0.720. The fourth-order valence-electron chi connectivity index (χ4n) is 3.80. The molecular weight excluding hydrogens is 366 g/mol. The Kier molecular flexibility index (Phi) is 6.34. The molecule has 0 unspecified atom stereocenters. The van der Waals surface area contributed by atoms with Gasteiger partial charge in [-0.05, 0) is 44.0 Å². The highest BCUT2D eigenvalue weighted by molar-refractivity contribution is 5.94. The van der Waals surface area contributed by atoms with Crippen LogP contribution < -0.4 is 10.1 Å². The number of amides is 1. The van der Waals surface area contributed by atoms with Crippen molar-refractivity contribution < 1.29 is 9.53 Å². The minimum atomic E-state index is 0. The Bertz CT molecular complexity index is 769. The number of ether oxygens (including phenoxy) is 1. The third kappa shape index (κ3) is 4.09. The number of carbonyl (C=O) groups excluding carboxylic acids is 1. The number of hydrogen-bond acceptors (Lipinski definition) is 5. The van der Waals surface area contributed by atoms with Crippen LogP contribution in [0.3, 0.4) is 0 Å². The van der Waals surface area contributed by atoms with Crippen LogP contribution in [0.4, 0.5) is 0 Å². The first kappa shape index (κ1) is 19.6. The number of aromatic nitrogens is 3. The highest BCUT2D eigenvalue weighted by Crippen LogP contribution is 2.28. The number of fused-ring (bicyclic) bond motifs is 1. The maximum Gasteiger partial charge on any atom is 0.253 e. The Morgan fingerprint density at radius 3 is 2.63 bits per heavy atom. The van der Waals surface area contributed by atoms with Crippen LogP contribution >= 0.6 is 12.4 Å². The van der Waals surface area contributed by atoms with E-state index in [0.717, 1.165) is 68.5 Å². The molecule has 2 aromatic rings. The molecule has 146 valence electrons. The molecule has 4 rings (SSSR count). The molecule has 0 radical (unpaired) electrons. The van der Waals surface area contributed by atoms with E-state index in [2.05, 4.69) is 20.1 Å². The molecule has 3 heterocycles. The summed E-state index contributed by atoms with van der Waals surface area (Å²) in [5, 5.41) is 12.1. The molecular formula is C19H26ClN5O2. The number of carbonyl (C=O) groups is 1. The van der Waals surface area contributed by atoms with Gasteiger partial charge < -0.3 is 19.5 Å². The lowest BCUT2D eigenvalue weighted by atomic mass is 9.95. The van der Waals surface area contributed by atoms with Crippen LogP contribution in [0.5, 0.6) is 5.75 Å². The average molecular weight is 392 g/mol. The van der Waals surface area contributed by atoms with Gasteiger partial charge in [0, 0.05) is 37.7 Å². The fraction of sp³-hybridized carbons (Fsp3) is 0.526. The van der Waals surface area contributed by atoms with E-state index in [9.17, 15) is 4.79 Å². The minimum absolute atomic E-state index is 0. The Hall–Kier alpha value is -2.12. The van der Waals surface area contributed by atoms with Gasteiger partial charge in [0.15, 0.2) is 0 Å². The molecule has 2 aliphatic rings. The lowest BCUT2D eigenvalue weighted by Crippen LogP contribution is -2.38. The summed E-state index contributed by atoms with van der Waals surface area (Å²) in [4.78, 5) is 14.7. The number of rotatable bonds is 4. The zero-order chi connectivity index (χ0) is 17.9. The molecule has 0 aliphatic carbocycles. The Balaban J connectivity index is 0.00000210. The maximum atomic E-state index is 12.7. The molecule has 1 aromatic heterocycles. The zero-order valence-corrected chi connectivity index (χ0v) is 16.4. The van der Waals surface area contributed by atoms with Gasteiger partial charge in [0.05, 0.1) is 13.2 Å². The number of nitrogens with zero attached hydrogens (tertiary/aromatic N) is 4. The van der Waals surface area contributed by atoms with Gasteiger partial charge in [-0.2, -0.15) is 0 Å². The molecule has 2 aliphatic heterocycles. The monoisotopic (exact) mass is 391 g/mol. The normalized spacial score (nSPS) is 17.1. The van der Waals surface area contributed by atoms with E-state index >= 15 is 0 Å². The maximum absolute atomic E-state index is 12.7. The topological polar surface area (TPSA) is 72.3 Å². The van der Waals surface area contributed by atoms with Gasteiger partial charge in [0.25, 0.3) is 5.91 Å². The first-order valence-electron chi connectivity index (χ1n) is 9.41.